The van der Waals surface area contributed by atoms with Crippen LogP contribution < -0.4 is 5.32 Å². The summed E-state index contributed by atoms with van der Waals surface area (Å²) in [5.74, 6) is -0.442. The number of sulfonamides is 1. The summed E-state index contributed by atoms with van der Waals surface area (Å²) in [5.41, 5.74) is -1.04. The molecule has 21 heavy (non-hydrogen) atoms. The second kappa shape index (κ2) is 4.99. The third kappa shape index (κ3) is 2.30. The van der Waals surface area contributed by atoms with Gasteiger partial charge in [-0.1, -0.05) is 37.6 Å². The highest BCUT2D eigenvalue weighted by atomic mass is 35.5. The topological polar surface area (TPSA) is 90.3 Å². The van der Waals surface area contributed by atoms with Crippen molar-refractivity contribution in [3.05, 3.63) is 29.3 Å². The zero-order valence-corrected chi connectivity index (χ0v) is 13.4. The van der Waals surface area contributed by atoms with Crippen molar-refractivity contribution in [2.75, 3.05) is 0 Å². The molecule has 0 spiro atoms. The predicted octanol–water partition coefficient (Wildman–Crippen LogP) is 2.45. The zero-order valence-electron chi connectivity index (χ0n) is 11.8. The van der Waals surface area contributed by atoms with Crippen molar-refractivity contribution < 1.29 is 13.2 Å². The molecule has 0 aromatic heterocycles. The number of hydrogen-bond acceptors (Lipinski definition) is 4. The first-order valence-corrected chi connectivity index (χ1v) is 8.15. The lowest BCUT2D eigenvalue weighted by molar-refractivity contribution is 0.234. The molecule has 1 atom stereocenters. The number of amidine groups is 1. The lowest BCUT2D eigenvalue weighted by atomic mass is 9.88. The van der Waals surface area contributed by atoms with Gasteiger partial charge in [0, 0.05) is 0 Å². The molecule has 8 heteroatoms. The number of nitrogens with one attached hydrogen (secondary N) is 2. The first-order valence-electron chi connectivity index (χ1n) is 6.33. The highest BCUT2D eigenvalue weighted by Crippen LogP contribution is 2.32. The van der Waals surface area contributed by atoms with Crippen LogP contribution in [0.3, 0.4) is 0 Å². The summed E-state index contributed by atoms with van der Waals surface area (Å²) in [7, 11) is -4.21. The van der Waals surface area contributed by atoms with Crippen molar-refractivity contribution >= 4 is 33.5 Å². The predicted molar refractivity (Wildman–Crippen MR) is 80.0 cm³/mol. The van der Waals surface area contributed by atoms with Crippen LogP contribution in [0.5, 0.6) is 0 Å². The van der Waals surface area contributed by atoms with E-state index in [1.165, 1.54) is 18.2 Å². The van der Waals surface area contributed by atoms with Gasteiger partial charge in [0.15, 0.2) is 0 Å². The maximum Gasteiger partial charge on any atom is 0.337 e. The lowest BCUT2D eigenvalue weighted by Crippen LogP contribution is -2.48. The molecule has 6 nitrogen and oxygen atoms in total. The normalized spacial score (nSPS) is 22.8. The minimum Gasteiger partial charge on any atom is -0.324 e. The highest BCUT2D eigenvalue weighted by molar-refractivity contribution is 7.90. The second-order valence-electron chi connectivity index (χ2n) is 5.34. The summed E-state index contributed by atoms with van der Waals surface area (Å²) < 4.78 is 25.7. The van der Waals surface area contributed by atoms with Crippen LogP contribution in [0.25, 0.3) is 0 Å². The Hall–Kier alpha value is -1.60. The van der Waals surface area contributed by atoms with Crippen molar-refractivity contribution in [2.45, 2.75) is 31.2 Å². The van der Waals surface area contributed by atoms with E-state index in [4.69, 9.17) is 17.0 Å². The molecule has 1 aliphatic rings. The number of carbonyl (C=O) groups excluding carboxylic acids is 1. The van der Waals surface area contributed by atoms with Gasteiger partial charge in [0.25, 0.3) is 10.0 Å². The summed E-state index contributed by atoms with van der Waals surface area (Å²) in [6, 6.07) is 5.00. The number of urea groups is 1. The van der Waals surface area contributed by atoms with E-state index < -0.39 is 21.6 Å². The fourth-order valence-corrected chi connectivity index (χ4v) is 3.93. The number of nitrogens with zero attached hydrogens (tertiary/aromatic N) is 1. The molecular formula is C13H16ClN3O3S. The van der Waals surface area contributed by atoms with Crippen molar-refractivity contribution in [3.63, 3.8) is 0 Å². The standard InChI is InChI=1S/C13H16ClN3O3S/c1-8(2)13(3)11(15)17(12(18)16-13)21(19,20)10-7-5-4-6-9(10)14/h4-8,15H,1-3H3,(H,16,18). The minimum atomic E-state index is -4.21. The molecule has 2 rings (SSSR count). The van der Waals surface area contributed by atoms with Gasteiger partial charge >= 0.3 is 6.03 Å². The number of halogens is 1. The van der Waals surface area contributed by atoms with Crippen LogP contribution in [0, 0.1) is 11.3 Å². The average molecular weight is 330 g/mol. The Labute approximate surface area is 128 Å². The van der Waals surface area contributed by atoms with Gasteiger partial charge in [0.1, 0.15) is 10.7 Å². The molecule has 0 saturated carbocycles. The molecule has 1 fully saturated rings. The van der Waals surface area contributed by atoms with Crippen molar-refractivity contribution in [2.24, 2.45) is 5.92 Å². The smallest absolute Gasteiger partial charge is 0.324 e. The Morgan fingerprint density at radius 1 is 1.33 bits per heavy atom. The molecule has 0 bridgehead atoms. The lowest BCUT2D eigenvalue weighted by Gasteiger charge is -2.28. The van der Waals surface area contributed by atoms with Crippen LogP contribution >= 0.6 is 11.6 Å². The zero-order chi connectivity index (χ0) is 16.0. The van der Waals surface area contributed by atoms with Crippen molar-refractivity contribution in [3.8, 4) is 0 Å². The minimum absolute atomic E-state index is 0.0104. The van der Waals surface area contributed by atoms with Gasteiger partial charge in [-0.25, -0.2) is 13.2 Å². The van der Waals surface area contributed by atoms with Gasteiger partial charge < -0.3 is 5.32 Å². The first-order chi connectivity index (χ1) is 9.62. The van der Waals surface area contributed by atoms with Crippen LogP contribution in [-0.2, 0) is 10.0 Å². The van der Waals surface area contributed by atoms with E-state index >= 15 is 0 Å². The van der Waals surface area contributed by atoms with Crippen LogP contribution in [0.2, 0.25) is 5.02 Å². The number of carbonyl (C=O) groups is 1. The monoisotopic (exact) mass is 329 g/mol. The number of benzene rings is 1. The Morgan fingerprint density at radius 2 is 1.90 bits per heavy atom. The third-order valence-electron chi connectivity index (χ3n) is 3.76. The van der Waals surface area contributed by atoms with Gasteiger partial charge in [-0.05, 0) is 25.0 Å². The van der Waals surface area contributed by atoms with Gasteiger partial charge in [-0.15, -0.1) is 0 Å². The molecule has 1 heterocycles. The summed E-state index contributed by atoms with van der Waals surface area (Å²) in [6.45, 7) is 5.24. The van der Waals surface area contributed by atoms with Gasteiger partial charge in [0.05, 0.1) is 10.6 Å². The van der Waals surface area contributed by atoms with Gasteiger partial charge in [0.2, 0.25) is 0 Å². The van der Waals surface area contributed by atoms with Crippen LogP contribution in [0.15, 0.2) is 29.2 Å². The Morgan fingerprint density at radius 3 is 2.38 bits per heavy atom. The quantitative estimate of drug-likeness (QED) is 0.892. The SMILES string of the molecule is CC(C)C1(C)NC(=O)N(S(=O)(=O)c2ccccc2Cl)C1=N. The van der Waals surface area contributed by atoms with E-state index in [9.17, 15) is 13.2 Å². The Balaban J connectivity index is 2.55. The molecule has 0 aliphatic carbocycles. The number of hydrogen-bond donors (Lipinski definition) is 2. The first kappa shape index (κ1) is 15.8. The summed E-state index contributed by atoms with van der Waals surface area (Å²) in [5, 5.41) is 10.7. The fraction of sp³-hybridized carbons (Fsp3) is 0.385. The third-order valence-corrected chi connectivity index (χ3v) is 5.94. The largest absolute Gasteiger partial charge is 0.337 e. The molecule has 2 amide bonds. The van der Waals surface area contributed by atoms with E-state index in [0.29, 0.717) is 4.31 Å². The molecule has 114 valence electrons. The van der Waals surface area contributed by atoms with E-state index in [1.54, 1.807) is 26.8 Å². The molecular weight excluding hydrogens is 314 g/mol. The Bertz CT molecular complexity index is 717. The highest BCUT2D eigenvalue weighted by Gasteiger charge is 2.52. The fourth-order valence-electron chi connectivity index (χ4n) is 2.04. The Kier molecular flexibility index (Phi) is 3.75. The molecule has 2 N–H and O–H groups in total. The maximum atomic E-state index is 12.6. The molecule has 1 aliphatic heterocycles. The molecule has 1 aromatic rings. The summed E-state index contributed by atoms with van der Waals surface area (Å²) in [4.78, 5) is 11.9. The van der Waals surface area contributed by atoms with Crippen molar-refractivity contribution in [1.82, 2.24) is 9.62 Å². The molecule has 0 radical (unpaired) electrons. The van der Waals surface area contributed by atoms with Gasteiger partial charge in [-0.2, -0.15) is 4.31 Å². The van der Waals surface area contributed by atoms with E-state index in [-0.39, 0.29) is 21.7 Å². The van der Waals surface area contributed by atoms with Crippen LogP contribution in [0.4, 0.5) is 4.79 Å². The molecule has 1 unspecified atom stereocenters. The van der Waals surface area contributed by atoms with Crippen LogP contribution in [0.1, 0.15) is 20.8 Å². The van der Waals surface area contributed by atoms with Crippen LogP contribution in [-0.4, -0.2) is 30.1 Å². The van der Waals surface area contributed by atoms with Gasteiger partial charge in [-0.3, -0.25) is 5.41 Å². The maximum absolute atomic E-state index is 12.6. The van der Waals surface area contributed by atoms with E-state index in [1.807, 2.05) is 0 Å². The van der Waals surface area contributed by atoms with E-state index in [0.717, 1.165) is 0 Å². The summed E-state index contributed by atoms with van der Waals surface area (Å²) >= 11 is 5.91. The van der Waals surface area contributed by atoms with Crippen molar-refractivity contribution in [1.29, 1.82) is 5.41 Å². The number of amides is 2. The summed E-state index contributed by atoms with van der Waals surface area (Å²) in [6.07, 6.45) is 0. The van der Waals surface area contributed by atoms with E-state index in [2.05, 4.69) is 5.32 Å². The molecule has 1 saturated heterocycles. The second-order valence-corrected chi connectivity index (χ2v) is 7.50. The average Bonchev–Trinajstić information content (AvgIpc) is 2.61. The molecule has 1 aromatic carbocycles. The number of rotatable bonds is 3.